The van der Waals surface area contributed by atoms with Gasteiger partial charge in [-0.3, -0.25) is 9.80 Å². The smallest absolute Gasteiger partial charge is 0.122 e. The van der Waals surface area contributed by atoms with Crippen LogP contribution in [0.5, 0.6) is 0 Å². The highest BCUT2D eigenvalue weighted by Crippen LogP contribution is 2.26. The fourth-order valence-electron chi connectivity index (χ4n) is 3.23. The summed E-state index contributed by atoms with van der Waals surface area (Å²) in [6, 6.07) is 4.60. The third-order valence-corrected chi connectivity index (χ3v) is 4.34. The lowest BCUT2D eigenvalue weighted by Gasteiger charge is -2.37. The minimum Gasteiger partial charge on any atom is -0.468 e. The summed E-state index contributed by atoms with van der Waals surface area (Å²) in [5.41, 5.74) is 0. The first-order chi connectivity index (χ1) is 9.43. The van der Waals surface area contributed by atoms with Crippen LogP contribution in [0, 0.1) is 0 Å². The topological polar surface area (TPSA) is 31.7 Å². The number of rotatable bonds is 4. The molecular formula is C15H25N3O. The average Bonchev–Trinajstić information content (AvgIpc) is 3.01. The largest absolute Gasteiger partial charge is 0.468 e. The molecule has 106 valence electrons. The summed E-state index contributed by atoms with van der Waals surface area (Å²) in [6.45, 7) is 8.09. The quantitative estimate of drug-likeness (QED) is 0.896. The van der Waals surface area contributed by atoms with Crippen molar-refractivity contribution in [2.75, 3.05) is 45.8 Å². The van der Waals surface area contributed by atoms with Crippen molar-refractivity contribution in [3.05, 3.63) is 24.2 Å². The van der Waals surface area contributed by atoms with E-state index in [-0.39, 0.29) is 0 Å². The fraction of sp³-hybridized carbons (Fsp3) is 0.733. The van der Waals surface area contributed by atoms with Crippen LogP contribution in [0.15, 0.2) is 22.8 Å². The Labute approximate surface area is 115 Å². The molecule has 1 aromatic rings. The molecule has 0 bridgehead atoms. The number of likely N-dealkylation sites (tertiary alicyclic amines) is 1. The summed E-state index contributed by atoms with van der Waals surface area (Å²) < 4.78 is 5.71. The van der Waals surface area contributed by atoms with Gasteiger partial charge < -0.3 is 9.73 Å². The number of hydrogen-bond acceptors (Lipinski definition) is 4. The summed E-state index contributed by atoms with van der Waals surface area (Å²) in [7, 11) is 0. The summed E-state index contributed by atoms with van der Waals surface area (Å²) in [5, 5.41) is 3.42. The first-order valence-corrected chi connectivity index (χ1v) is 7.64. The Morgan fingerprint density at radius 1 is 1.11 bits per heavy atom. The lowest BCUT2D eigenvalue weighted by Crippen LogP contribution is -2.48. The molecule has 0 saturated carbocycles. The average molecular weight is 263 g/mol. The normalized spacial score (nSPS) is 24.4. The lowest BCUT2D eigenvalue weighted by atomic mass is 10.1. The third kappa shape index (κ3) is 3.38. The molecule has 2 saturated heterocycles. The standard InChI is InChI=1S/C15H25N3O/c1-2-8-18(9-3-1)14(15-5-4-12-19-15)13-17-10-6-16-7-11-17/h4-5,12,14,16H,1-3,6-11,13H2. The van der Waals surface area contributed by atoms with Crippen molar-refractivity contribution in [1.82, 2.24) is 15.1 Å². The lowest BCUT2D eigenvalue weighted by molar-refractivity contribution is 0.0977. The van der Waals surface area contributed by atoms with E-state index in [9.17, 15) is 0 Å². The summed E-state index contributed by atoms with van der Waals surface area (Å²) in [6.07, 6.45) is 5.86. The van der Waals surface area contributed by atoms with Gasteiger partial charge in [0.2, 0.25) is 0 Å². The van der Waals surface area contributed by atoms with Crippen LogP contribution < -0.4 is 5.32 Å². The van der Waals surface area contributed by atoms with Gasteiger partial charge in [-0.15, -0.1) is 0 Å². The van der Waals surface area contributed by atoms with Crippen molar-refractivity contribution in [1.29, 1.82) is 0 Å². The van der Waals surface area contributed by atoms with E-state index in [1.807, 2.05) is 12.3 Å². The molecule has 1 N–H and O–H groups in total. The van der Waals surface area contributed by atoms with Gasteiger partial charge in [0.15, 0.2) is 0 Å². The van der Waals surface area contributed by atoms with E-state index in [2.05, 4.69) is 21.2 Å². The van der Waals surface area contributed by atoms with Gasteiger partial charge in [-0.1, -0.05) is 6.42 Å². The Balaban J connectivity index is 1.68. The van der Waals surface area contributed by atoms with Crippen molar-refractivity contribution in [2.24, 2.45) is 0 Å². The highest BCUT2D eigenvalue weighted by molar-refractivity contribution is 5.06. The molecule has 2 aliphatic rings. The van der Waals surface area contributed by atoms with Crippen LogP contribution in [0.2, 0.25) is 0 Å². The second-order valence-corrected chi connectivity index (χ2v) is 5.68. The minimum absolute atomic E-state index is 0.438. The predicted octanol–water partition coefficient (Wildman–Crippen LogP) is 1.71. The van der Waals surface area contributed by atoms with E-state index in [0.717, 1.165) is 38.5 Å². The van der Waals surface area contributed by atoms with E-state index in [0.29, 0.717) is 6.04 Å². The maximum atomic E-state index is 5.71. The maximum absolute atomic E-state index is 5.71. The zero-order chi connectivity index (χ0) is 12.9. The van der Waals surface area contributed by atoms with Crippen LogP contribution in [-0.2, 0) is 0 Å². The van der Waals surface area contributed by atoms with E-state index in [4.69, 9.17) is 4.42 Å². The molecule has 0 aromatic carbocycles. The van der Waals surface area contributed by atoms with Gasteiger partial charge >= 0.3 is 0 Å². The zero-order valence-corrected chi connectivity index (χ0v) is 11.7. The minimum atomic E-state index is 0.438. The van der Waals surface area contributed by atoms with Crippen molar-refractivity contribution in [3.8, 4) is 0 Å². The Kier molecular flexibility index (Phi) is 4.53. The third-order valence-electron chi connectivity index (χ3n) is 4.34. The molecular weight excluding hydrogens is 238 g/mol. The van der Waals surface area contributed by atoms with E-state index in [1.165, 1.54) is 32.4 Å². The molecule has 1 aromatic heterocycles. The molecule has 2 fully saturated rings. The molecule has 0 radical (unpaired) electrons. The number of nitrogens with zero attached hydrogens (tertiary/aromatic N) is 2. The highest BCUT2D eigenvalue weighted by atomic mass is 16.3. The van der Waals surface area contributed by atoms with Crippen molar-refractivity contribution >= 4 is 0 Å². The van der Waals surface area contributed by atoms with Crippen LogP contribution in [-0.4, -0.2) is 55.6 Å². The zero-order valence-electron chi connectivity index (χ0n) is 11.7. The molecule has 2 aliphatic heterocycles. The molecule has 1 unspecified atom stereocenters. The first kappa shape index (κ1) is 13.2. The SMILES string of the molecule is c1coc(C(CN2CCNCC2)N2CCCCC2)c1. The highest BCUT2D eigenvalue weighted by Gasteiger charge is 2.26. The summed E-state index contributed by atoms with van der Waals surface area (Å²) in [5.74, 6) is 1.14. The van der Waals surface area contributed by atoms with Crippen LogP contribution in [0.4, 0.5) is 0 Å². The van der Waals surface area contributed by atoms with E-state index < -0.39 is 0 Å². The number of nitrogens with one attached hydrogen (secondary N) is 1. The second kappa shape index (κ2) is 6.55. The van der Waals surface area contributed by atoms with Gasteiger partial charge in [0.1, 0.15) is 5.76 Å². The van der Waals surface area contributed by atoms with Gasteiger partial charge in [-0.05, 0) is 38.1 Å². The van der Waals surface area contributed by atoms with Gasteiger partial charge in [0.05, 0.1) is 12.3 Å². The monoisotopic (exact) mass is 263 g/mol. The molecule has 3 rings (SSSR count). The maximum Gasteiger partial charge on any atom is 0.122 e. The molecule has 0 spiro atoms. The van der Waals surface area contributed by atoms with Crippen LogP contribution in [0.3, 0.4) is 0 Å². The molecule has 0 amide bonds. The Morgan fingerprint density at radius 2 is 1.89 bits per heavy atom. The predicted molar refractivity (Wildman–Crippen MR) is 76.2 cm³/mol. The number of furan rings is 1. The second-order valence-electron chi connectivity index (χ2n) is 5.68. The number of piperidine rings is 1. The van der Waals surface area contributed by atoms with Crippen molar-refractivity contribution < 1.29 is 4.42 Å². The summed E-state index contributed by atoms with van der Waals surface area (Å²) in [4.78, 5) is 5.18. The van der Waals surface area contributed by atoms with Crippen LogP contribution in [0.1, 0.15) is 31.1 Å². The summed E-state index contributed by atoms with van der Waals surface area (Å²) >= 11 is 0. The van der Waals surface area contributed by atoms with Gasteiger partial charge in [-0.25, -0.2) is 0 Å². The van der Waals surface area contributed by atoms with E-state index in [1.54, 1.807) is 0 Å². The molecule has 3 heterocycles. The van der Waals surface area contributed by atoms with Crippen molar-refractivity contribution in [2.45, 2.75) is 25.3 Å². The fourth-order valence-corrected chi connectivity index (χ4v) is 3.23. The number of hydrogen-bond donors (Lipinski definition) is 1. The Hall–Kier alpha value is -0.840. The molecule has 4 nitrogen and oxygen atoms in total. The van der Waals surface area contributed by atoms with Gasteiger partial charge in [-0.2, -0.15) is 0 Å². The van der Waals surface area contributed by atoms with Crippen LogP contribution >= 0.6 is 0 Å². The Morgan fingerprint density at radius 3 is 2.58 bits per heavy atom. The molecule has 1 atom stereocenters. The van der Waals surface area contributed by atoms with Crippen LogP contribution in [0.25, 0.3) is 0 Å². The van der Waals surface area contributed by atoms with Crippen molar-refractivity contribution in [3.63, 3.8) is 0 Å². The number of piperazine rings is 1. The first-order valence-electron chi connectivity index (χ1n) is 7.64. The van der Waals surface area contributed by atoms with E-state index >= 15 is 0 Å². The molecule has 4 heteroatoms. The van der Waals surface area contributed by atoms with Gasteiger partial charge in [0, 0.05) is 32.7 Å². The molecule has 0 aliphatic carbocycles. The Bertz CT molecular complexity index is 353. The molecule has 19 heavy (non-hydrogen) atoms. The van der Waals surface area contributed by atoms with Gasteiger partial charge in [0.25, 0.3) is 0 Å².